The zero-order valence-electron chi connectivity index (χ0n) is 29.8. The van der Waals surface area contributed by atoms with Crippen LogP contribution in [0.2, 0.25) is 0 Å². The first-order valence-corrected chi connectivity index (χ1v) is 18.6. The molecule has 0 aliphatic carbocycles. The first-order chi connectivity index (χ1) is 27.3. The van der Waals surface area contributed by atoms with Crippen molar-refractivity contribution in [3.05, 3.63) is 201 Å². The van der Waals surface area contributed by atoms with E-state index in [2.05, 4.69) is 165 Å². The number of nitrogens with zero attached hydrogens (tertiary/aromatic N) is 5. The number of fused-ring (bicyclic) bond motifs is 5. The van der Waals surface area contributed by atoms with E-state index in [1.807, 2.05) is 48.8 Å². The first-order valence-electron chi connectivity index (χ1n) is 18.6. The minimum atomic E-state index is 0.934. The van der Waals surface area contributed by atoms with Gasteiger partial charge in [0.1, 0.15) is 11.3 Å². The van der Waals surface area contributed by atoms with Crippen molar-refractivity contribution < 1.29 is 0 Å². The minimum absolute atomic E-state index is 0.934. The number of hydrogen-bond donors (Lipinski definition) is 0. The topological polar surface area (TPSA) is 39.5 Å². The Morgan fingerprint density at radius 3 is 1.53 bits per heavy atom. The van der Waals surface area contributed by atoms with E-state index in [1.165, 1.54) is 43.9 Å². The lowest BCUT2D eigenvalue weighted by molar-refractivity contribution is 1.14. The molecule has 0 fully saturated rings. The highest BCUT2D eigenvalue weighted by Crippen LogP contribution is 2.46. The molecule has 5 aromatic heterocycles. The number of hydrogen-bond acceptors (Lipinski definition) is 2. The SMILES string of the molecule is c1ccc(-c2c(-c3ccccc3)n(-c3ccc(-c4cn5ccccc5n4)cc3)c3c2ccc2c(-c4ccc(-c5cn6ccccc6n5)cc4)cccc23)cc1. The summed E-state index contributed by atoms with van der Waals surface area (Å²) in [5.41, 5.74) is 15.3. The fourth-order valence-corrected chi connectivity index (χ4v) is 8.16. The zero-order valence-corrected chi connectivity index (χ0v) is 29.8. The number of aromatic nitrogens is 5. The van der Waals surface area contributed by atoms with Gasteiger partial charge in [0.05, 0.1) is 22.6 Å². The number of imidazole rings is 2. The fraction of sp³-hybridized carbons (Fsp3) is 0. The molecule has 0 atom stereocenters. The van der Waals surface area contributed by atoms with Crippen molar-refractivity contribution >= 4 is 33.0 Å². The van der Waals surface area contributed by atoms with Crippen LogP contribution in [0.1, 0.15) is 0 Å². The lowest BCUT2D eigenvalue weighted by atomic mass is 9.94. The molecule has 0 aliphatic rings. The van der Waals surface area contributed by atoms with Crippen molar-refractivity contribution in [3.8, 4) is 61.7 Å². The van der Waals surface area contributed by atoms with Gasteiger partial charge in [0.25, 0.3) is 0 Å². The van der Waals surface area contributed by atoms with Crippen LogP contribution in [0.25, 0.3) is 94.7 Å². The van der Waals surface area contributed by atoms with Crippen molar-refractivity contribution in [2.24, 2.45) is 0 Å². The lowest BCUT2D eigenvalue weighted by Gasteiger charge is -2.15. The molecule has 0 amide bonds. The Kier molecular flexibility index (Phi) is 7.10. The van der Waals surface area contributed by atoms with Crippen LogP contribution in [0.4, 0.5) is 0 Å². The van der Waals surface area contributed by atoms with Gasteiger partial charge in [-0.15, -0.1) is 0 Å². The molecule has 258 valence electrons. The molecule has 5 heteroatoms. The van der Waals surface area contributed by atoms with E-state index in [0.717, 1.165) is 50.8 Å². The predicted octanol–water partition coefficient (Wildman–Crippen LogP) is 12.4. The second-order valence-electron chi connectivity index (χ2n) is 14.0. The second-order valence-corrected chi connectivity index (χ2v) is 14.0. The van der Waals surface area contributed by atoms with Crippen molar-refractivity contribution in [2.75, 3.05) is 0 Å². The Labute approximate surface area is 317 Å². The molecule has 55 heavy (non-hydrogen) atoms. The summed E-state index contributed by atoms with van der Waals surface area (Å²) in [6.45, 7) is 0. The van der Waals surface area contributed by atoms with E-state index in [1.54, 1.807) is 0 Å². The normalized spacial score (nSPS) is 11.6. The van der Waals surface area contributed by atoms with E-state index in [-0.39, 0.29) is 0 Å². The summed E-state index contributed by atoms with van der Waals surface area (Å²) < 4.78 is 6.60. The van der Waals surface area contributed by atoms with Crippen LogP contribution in [0.5, 0.6) is 0 Å². The van der Waals surface area contributed by atoms with Crippen LogP contribution in [0, 0.1) is 0 Å². The molecule has 0 bridgehead atoms. The highest BCUT2D eigenvalue weighted by Gasteiger charge is 2.24. The summed E-state index contributed by atoms with van der Waals surface area (Å²) in [7, 11) is 0. The van der Waals surface area contributed by atoms with Crippen molar-refractivity contribution in [3.63, 3.8) is 0 Å². The minimum Gasteiger partial charge on any atom is -0.308 e. The summed E-state index contributed by atoms with van der Waals surface area (Å²) >= 11 is 0. The average molecular weight is 704 g/mol. The molecule has 0 spiro atoms. The molecule has 0 N–H and O–H groups in total. The van der Waals surface area contributed by atoms with Crippen LogP contribution in [-0.4, -0.2) is 23.3 Å². The van der Waals surface area contributed by atoms with Crippen molar-refractivity contribution in [1.29, 1.82) is 0 Å². The van der Waals surface area contributed by atoms with Crippen molar-refractivity contribution in [2.45, 2.75) is 0 Å². The Hall–Kier alpha value is -7.50. The monoisotopic (exact) mass is 703 g/mol. The Bertz CT molecular complexity index is 3100. The first kappa shape index (κ1) is 31.1. The molecule has 0 saturated heterocycles. The van der Waals surface area contributed by atoms with Gasteiger partial charge in [-0.05, 0) is 64.0 Å². The largest absolute Gasteiger partial charge is 0.308 e. The average Bonchev–Trinajstić information content (AvgIpc) is 3.99. The van der Waals surface area contributed by atoms with Gasteiger partial charge in [-0.25, -0.2) is 9.97 Å². The number of rotatable bonds is 6. The maximum absolute atomic E-state index is 4.91. The van der Waals surface area contributed by atoms with Crippen LogP contribution in [0.3, 0.4) is 0 Å². The van der Waals surface area contributed by atoms with Gasteiger partial charge in [0.15, 0.2) is 0 Å². The van der Waals surface area contributed by atoms with Crippen LogP contribution >= 0.6 is 0 Å². The number of benzene rings is 6. The van der Waals surface area contributed by atoms with Crippen molar-refractivity contribution in [1.82, 2.24) is 23.3 Å². The van der Waals surface area contributed by atoms with Gasteiger partial charge >= 0.3 is 0 Å². The van der Waals surface area contributed by atoms with Gasteiger partial charge < -0.3 is 13.4 Å². The van der Waals surface area contributed by atoms with E-state index in [9.17, 15) is 0 Å². The standard InChI is InChI=1S/C50H33N5/c1-3-12-37(13-4-1)48-43-29-28-41-40(34-20-22-35(23-21-34)44-32-53-30-9-7-18-46(53)51-44)16-11-17-42(41)50(43)55(49(48)38-14-5-2-6-15-38)39-26-24-36(25-27-39)45-33-54-31-10-8-19-47(54)52-45/h1-33H. The highest BCUT2D eigenvalue weighted by atomic mass is 15.0. The summed E-state index contributed by atoms with van der Waals surface area (Å²) in [6, 6.07) is 62.8. The Balaban J connectivity index is 1.13. The molecule has 5 heterocycles. The quantitative estimate of drug-likeness (QED) is 0.173. The zero-order chi connectivity index (χ0) is 36.3. The maximum Gasteiger partial charge on any atom is 0.137 e. The fourth-order valence-electron chi connectivity index (χ4n) is 8.16. The predicted molar refractivity (Wildman–Crippen MR) is 225 cm³/mol. The molecule has 6 aromatic carbocycles. The molecule has 11 aromatic rings. The van der Waals surface area contributed by atoms with Crippen LogP contribution in [-0.2, 0) is 0 Å². The summed E-state index contributed by atoms with van der Waals surface area (Å²) in [4.78, 5) is 9.76. The lowest BCUT2D eigenvalue weighted by Crippen LogP contribution is -1.98. The summed E-state index contributed by atoms with van der Waals surface area (Å²) in [6.07, 6.45) is 8.26. The molecular weight excluding hydrogens is 671 g/mol. The molecule has 0 unspecified atom stereocenters. The van der Waals surface area contributed by atoms with E-state index >= 15 is 0 Å². The van der Waals surface area contributed by atoms with Crippen LogP contribution < -0.4 is 0 Å². The van der Waals surface area contributed by atoms with Gasteiger partial charge in [0.2, 0.25) is 0 Å². The van der Waals surface area contributed by atoms with Gasteiger partial charge in [-0.1, -0.05) is 140 Å². The van der Waals surface area contributed by atoms with E-state index in [0.29, 0.717) is 0 Å². The summed E-state index contributed by atoms with van der Waals surface area (Å²) in [5, 5.41) is 3.61. The Morgan fingerprint density at radius 1 is 0.364 bits per heavy atom. The van der Waals surface area contributed by atoms with Gasteiger partial charge in [-0.2, -0.15) is 0 Å². The third-order valence-corrected chi connectivity index (χ3v) is 10.7. The molecule has 11 rings (SSSR count). The van der Waals surface area contributed by atoms with Gasteiger partial charge in [0, 0.05) is 57.9 Å². The molecule has 0 saturated carbocycles. The molecular formula is C50H33N5. The van der Waals surface area contributed by atoms with Gasteiger partial charge in [-0.3, -0.25) is 0 Å². The highest BCUT2D eigenvalue weighted by molar-refractivity contribution is 6.18. The van der Waals surface area contributed by atoms with E-state index in [4.69, 9.17) is 9.97 Å². The molecule has 0 aliphatic heterocycles. The van der Waals surface area contributed by atoms with E-state index < -0.39 is 0 Å². The molecule has 0 radical (unpaired) electrons. The smallest absolute Gasteiger partial charge is 0.137 e. The molecule has 5 nitrogen and oxygen atoms in total. The third kappa shape index (κ3) is 5.17. The van der Waals surface area contributed by atoms with Crippen LogP contribution in [0.15, 0.2) is 201 Å². The Morgan fingerprint density at radius 2 is 0.909 bits per heavy atom. The third-order valence-electron chi connectivity index (χ3n) is 10.7. The maximum atomic E-state index is 4.91. The second kappa shape index (κ2) is 12.6. The summed E-state index contributed by atoms with van der Waals surface area (Å²) in [5.74, 6) is 0. The number of pyridine rings is 2.